The van der Waals surface area contributed by atoms with Gasteiger partial charge in [0.05, 0.1) is 6.61 Å². The number of esters is 1. The van der Waals surface area contributed by atoms with Crippen molar-refractivity contribution in [3.05, 3.63) is 12.2 Å². The first kappa shape index (κ1) is 18.4. The number of hydrogen-bond donors (Lipinski definition) is 0. The van der Waals surface area contributed by atoms with Gasteiger partial charge in [-0.2, -0.15) is 0 Å². The van der Waals surface area contributed by atoms with Gasteiger partial charge in [0.25, 0.3) is 0 Å². The predicted molar refractivity (Wildman–Crippen MR) is 81.5 cm³/mol. The molecular formula is C15H29FO2Si. The molecule has 0 bridgehead atoms. The van der Waals surface area contributed by atoms with Crippen LogP contribution in [0, 0.1) is 0 Å². The molecule has 0 saturated heterocycles. The molecule has 0 spiro atoms. The van der Waals surface area contributed by atoms with Crippen LogP contribution in [0.3, 0.4) is 0 Å². The van der Waals surface area contributed by atoms with Crippen LogP contribution in [0.2, 0.25) is 19.1 Å². The number of unbranched alkanes of at least 4 members (excludes halogenated alkanes) is 6. The SMILES string of the molecule is CC=CC(=O)OCCCCCCCCC[Si](C)(C)F. The molecule has 0 aliphatic rings. The fraction of sp³-hybridized carbons (Fsp3) is 0.800. The van der Waals surface area contributed by atoms with Gasteiger partial charge in [-0.05, 0) is 32.5 Å². The van der Waals surface area contributed by atoms with Crippen LogP contribution in [-0.2, 0) is 9.53 Å². The molecule has 0 saturated carbocycles. The van der Waals surface area contributed by atoms with E-state index >= 15 is 0 Å². The van der Waals surface area contributed by atoms with Crippen molar-refractivity contribution in [2.75, 3.05) is 6.61 Å². The molecule has 0 unspecified atom stereocenters. The van der Waals surface area contributed by atoms with Gasteiger partial charge in [-0.15, -0.1) is 0 Å². The molecule has 0 radical (unpaired) electrons. The van der Waals surface area contributed by atoms with Crippen LogP contribution in [0.4, 0.5) is 4.11 Å². The van der Waals surface area contributed by atoms with Crippen molar-refractivity contribution in [2.24, 2.45) is 0 Å². The van der Waals surface area contributed by atoms with E-state index in [0.717, 1.165) is 31.7 Å². The summed E-state index contributed by atoms with van der Waals surface area (Å²) in [5.74, 6) is -0.250. The van der Waals surface area contributed by atoms with Crippen LogP contribution in [-0.4, -0.2) is 21.0 Å². The fourth-order valence-corrected chi connectivity index (χ4v) is 2.98. The summed E-state index contributed by atoms with van der Waals surface area (Å²) in [5.41, 5.74) is 0. The molecule has 112 valence electrons. The van der Waals surface area contributed by atoms with Crippen molar-refractivity contribution >= 4 is 14.4 Å². The largest absolute Gasteiger partial charge is 0.463 e. The van der Waals surface area contributed by atoms with Crippen LogP contribution in [0.25, 0.3) is 0 Å². The third-order valence-corrected chi connectivity index (χ3v) is 4.51. The Balaban J connectivity index is 3.17. The number of carbonyl (C=O) groups is 1. The van der Waals surface area contributed by atoms with E-state index in [9.17, 15) is 8.90 Å². The molecule has 2 nitrogen and oxygen atoms in total. The molecule has 0 atom stereocenters. The molecule has 0 rings (SSSR count). The second kappa shape index (κ2) is 11.2. The summed E-state index contributed by atoms with van der Waals surface area (Å²) in [5, 5.41) is 0. The second-order valence-corrected chi connectivity index (χ2v) is 9.55. The molecular weight excluding hydrogens is 259 g/mol. The topological polar surface area (TPSA) is 26.3 Å². The molecule has 0 aliphatic carbocycles. The minimum absolute atomic E-state index is 0.250. The molecule has 0 amide bonds. The third kappa shape index (κ3) is 15.3. The Kier molecular flexibility index (Phi) is 10.8. The number of carbonyl (C=O) groups excluding carboxylic acids is 1. The Morgan fingerprint density at radius 1 is 1.05 bits per heavy atom. The van der Waals surface area contributed by atoms with Crippen LogP contribution in [0.5, 0.6) is 0 Å². The van der Waals surface area contributed by atoms with E-state index in [1.807, 2.05) is 0 Å². The quantitative estimate of drug-likeness (QED) is 0.176. The number of halogens is 1. The fourth-order valence-electron chi connectivity index (χ4n) is 1.89. The number of rotatable bonds is 11. The van der Waals surface area contributed by atoms with Gasteiger partial charge in [-0.1, -0.05) is 44.6 Å². The summed E-state index contributed by atoms with van der Waals surface area (Å²) in [6.07, 6.45) is 10.9. The van der Waals surface area contributed by atoms with E-state index in [2.05, 4.69) is 0 Å². The third-order valence-electron chi connectivity index (χ3n) is 2.96. The zero-order valence-electron chi connectivity index (χ0n) is 12.7. The van der Waals surface area contributed by atoms with E-state index in [-0.39, 0.29) is 5.97 Å². The van der Waals surface area contributed by atoms with Crippen LogP contribution >= 0.6 is 0 Å². The van der Waals surface area contributed by atoms with Gasteiger partial charge in [-0.3, -0.25) is 0 Å². The van der Waals surface area contributed by atoms with Gasteiger partial charge in [0.2, 0.25) is 8.41 Å². The maximum Gasteiger partial charge on any atom is 0.330 e. The minimum Gasteiger partial charge on any atom is -0.463 e. The van der Waals surface area contributed by atoms with E-state index in [0.29, 0.717) is 6.61 Å². The summed E-state index contributed by atoms with van der Waals surface area (Å²) in [7, 11) is -2.32. The summed E-state index contributed by atoms with van der Waals surface area (Å²) < 4.78 is 18.3. The normalized spacial score (nSPS) is 12.0. The van der Waals surface area contributed by atoms with Crippen LogP contribution < -0.4 is 0 Å². The number of ether oxygens (including phenoxy) is 1. The van der Waals surface area contributed by atoms with Crippen LogP contribution in [0.1, 0.15) is 51.9 Å². The van der Waals surface area contributed by atoms with Gasteiger partial charge in [-0.25, -0.2) is 4.79 Å². The van der Waals surface area contributed by atoms with E-state index in [4.69, 9.17) is 4.74 Å². The first-order valence-corrected chi connectivity index (χ1v) is 10.5. The van der Waals surface area contributed by atoms with Crippen molar-refractivity contribution in [2.45, 2.75) is 71.0 Å². The maximum atomic E-state index is 13.3. The molecule has 0 aromatic heterocycles. The van der Waals surface area contributed by atoms with E-state index in [1.54, 1.807) is 26.1 Å². The average molecular weight is 288 g/mol. The lowest BCUT2D eigenvalue weighted by molar-refractivity contribution is -0.137. The van der Waals surface area contributed by atoms with E-state index < -0.39 is 8.41 Å². The lowest BCUT2D eigenvalue weighted by Gasteiger charge is -2.09. The lowest BCUT2D eigenvalue weighted by Crippen LogP contribution is -2.16. The summed E-state index contributed by atoms with van der Waals surface area (Å²) in [6, 6.07) is 0.800. The Morgan fingerprint density at radius 2 is 1.58 bits per heavy atom. The standard InChI is InChI=1S/C15H29FO2Si/c1-4-12-15(17)18-13-10-8-6-5-7-9-11-14-19(2,3)16/h4,12H,5-11,13-14H2,1-3H3. The highest BCUT2D eigenvalue weighted by Gasteiger charge is 2.18. The first-order valence-electron chi connectivity index (χ1n) is 7.44. The highest BCUT2D eigenvalue weighted by atomic mass is 28.4. The molecule has 19 heavy (non-hydrogen) atoms. The second-order valence-electron chi connectivity index (χ2n) is 5.61. The highest BCUT2D eigenvalue weighted by molar-refractivity contribution is 6.70. The van der Waals surface area contributed by atoms with Crippen molar-refractivity contribution in [1.82, 2.24) is 0 Å². The van der Waals surface area contributed by atoms with Crippen molar-refractivity contribution < 1.29 is 13.6 Å². The molecule has 0 aliphatic heterocycles. The van der Waals surface area contributed by atoms with Crippen LogP contribution in [0.15, 0.2) is 12.2 Å². The molecule has 4 heteroatoms. The monoisotopic (exact) mass is 288 g/mol. The van der Waals surface area contributed by atoms with Gasteiger partial charge in [0.1, 0.15) is 0 Å². The van der Waals surface area contributed by atoms with Gasteiger partial charge >= 0.3 is 5.97 Å². The first-order chi connectivity index (χ1) is 8.95. The van der Waals surface area contributed by atoms with Crippen molar-refractivity contribution in [3.8, 4) is 0 Å². The van der Waals surface area contributed by atoms with E-state index in [1.165, 1.54) is 25.3 Å². The Labute approximate surface area is 118 Å². The zero-order chi connectivity index (χ0) is 14.6. The lowest BCUT2D eigenvalue weighted by atomic mass is 10.1. The minimum atomic E-state index is -2.32. The smallest absolute Gasteiger partial charge is 0.330 e. The number of allylic oxidation sites excluding steroid dienone is 1. The summed E-state index contributed by atoms with van der Waals surface area (Å²) >= 11 is 0. The molecule has 0 heterocycles. The molecule has 0 fully saturated rings. The maximum absolute atomic E-state index is 13.3. The Morgan fingerprint density at radius 3 is 2.11 bits per heavy atom. The zero-order valence-corrected chi connectivity index (χ0v) is 13.7. The highest BCUT2D eigenvalue weighted by Crippen LogP contribution is 2.16. The Bertz CT molecular complexity index is 259. The van der Waals surface area contributed by atoms with Gasteiger partial charge in [0, 0.05) is 6.08 Å². The molecule has 0 aromatic rings. The van der Waals surface area contributed by atoms with Crippen molar-refractivity contribution in [1.29, 1.82) is 0 Å². The molecule has 0 N–H and O–H groups in total. The Hall–Kier alpha value is -0.643. The molecule has 0 aromatic carbocycles. The van der Waals surface area contributed by atoms with Gasteiger partial charge in [0.15, 0.2) is 0 Å². The van der Waals surface area contributed by atoms with Gasteiger partial charge < -0.3 is 8.84 Å². The summed E-state index contributed by atoms with van der Waals surface area (Å²) in [4.78, 5) is 11.0. The number of hydrogen-bond acceptors (Lipinski definition) is 2. The summed E-state index contributed by atoms with van der Waals surface area (Å²) in [6.45, 7) is 5.88. The average Bonchev–Trinajstić information content (AvgIpc) is 2.30. The predicted octanol–water partition coefficient (Wildman–Crippen LogP) is 5.01. The van der Waals surface area contributed by atoms with Crippen molar-refractivity contribution in [3.63, 3.8) is 0 Å².